The Balaban J connectivity index is 1.42. The number of amides is 3. The first-order valence-corrected chi connectivity index (χ1v) is 10.7. The van der Waals surface area contributed by atoms with Crippen LogP contribution >= 0.6 is 27.3 Å². The number of imide groups is 1. The maximum atomic E-state index is 12.4. The Kier molecular flexibility index (Phi) is 6.81. The van der Waals surface area contributed by atoms with Crippen LogP contribution in [0.3, 0.4) is 0 Å². The van der Waals surface area contributed by atoms with Gasteiger partial charge in [0, 0.05) is 22.3 Å². The number of esters is 1. The summed E-state index contributed by atoms with van der Waals surface area (Å²) in [4.78, 5) is 50.9. The summed E-state index contributed by atoms with van der Waals surface area (Å²) in [6.45, 7) is 2.00. The number of nitrogens with zero attached hydrogens (tertiary/aromatic N) is 1. The van der Waals surface area contributed by atoms with Gasteiger partial charge in [0.15, 0.2) is 6.10 Å². The van der Waals surface area contributed by atoms with E-state index < -0.39 is 12.1 Å². The lowest BCUT2D eigenvalue weighted by Gasteiger charge is -2.15. The molecule has 1 aliphatic rings. The highest BCUT2D eigenvalue weighted by atomic mass is 79.9. The standard InChI is InChI=1S/C20H19BrN2O5S/c1-12(18(25)22-11-14-4-3-9-29-14)28-17(24)5-2-8-23-19(26)15-7-6-13(21)10-16(15)20(23)27/h3-4,6-7,9-10,12H,2,5,8,11H2,1H3,(H,22,25). The Morgan fingerprint density at radius 1 is 1.21 bits per heavy atom. The molecule has 2 aromatic rings. The van der Waals surface area contributed by atoms with Gasteiger partial charge >= 0.3 is 5.97 Å². The molecule has 0 bridgehead atoms. The molecule has 1 unspecified atom stereocenters. The summed E-state index contributed by atoms with van der Waals surface area (Å²) in [6.07, 6.45) is -0.659. The van der Waals surface area contributed by atoms with Crippen LogP contribution in [0.2, 0.25) is 0 Å². The molecule has 29 heavy (non-hydrogen) atoms. The predicted molar refractivity (Wildman–Crippen MR) is 110 cm³/mol. The molecule has 3 amide bonds. The summed E-state index contributed by atoms with van der Waals surface area (Å²) in [5, 5.41) is 4.62. The van der Waals surface area contributed by atoms with Gasteiger partial charge < -0.3 is 10.1 Å². The molecular formula is C20H19BrN2O5S. The maximum absolute atomic E-state index is 12.4. The zero-order valence-corrected chi connectivity index (χ0v) is 18.0. The second kappa shape index (κ2) is 9.32. The number of benzene rings is 1. The molecule has 1 aromatic heterocycles. The molecule has 2 heterocycles. The van der Waals surface area contributed by atoms with Crippen molar-refractivity contribution in [3.63, 3.8) is 0 Å². The summed E-state index contributed by atoms with van der Waals surface area (Å²) in [5.41, 5.74) is 0.708. The number of halogens is 1. The van der Waals surface area contributed by atoms with Crippen molar-refractivity contribution in [2.75, 3.05) is 6.54 Å². The van der Waals surface area contributed by atoms with Gasteiger partial charge in [-0.1, -0.05) is 22.0 Å². The minimum atomic E-state index is -0.917. The fourth-order valence-corrected chi connectivity index (χ4v) is 3.89. The van der Waals surface area contributed by atoms with Gasteiger partial charge in [0.2, 0.25) is 0 Å². The first-order valence-electron chi connectivity index (χ1n) is 9.02. The third kappa shape index (κ3) is 5.10. The molecule has 9 heteroatoms. The average Bonchev–Trinajstić information content (AvgIpc) is 3.28. The van der Waals surface area contributed by atoms with E-state index >= 15 is 0 Å². The Bertz CT molecular complexity index is 944. The van der Waals surface area contributed by atoms with E-state index in [9.17, 15) is 19.2 Å². The molecule has 152 valence electrons. The van der Waals surface area contributed by atoms with Gasteiger partial charge in [-0.2, -0.15) is 0 Å². The summed E-state index contributed by atoms with van der Waals surface area (Å²) in [6, 6.07) is 8.71. The first-order chi connectivity index (χ1) is 13.9. The Labute approximate surface area is 180 Å². The zero-order chi connectivity index (χ0) is 21.0. The highest BCUT2D eigenvalue weighted by molar-refractivity contribution is 9.10. The smallest absolute Gasteiger partial charge is 0.306 e. The quantitative estimate of drug-likeness (QED) is 0.464. The van der Waals surface area contributed by atoms with E-state index in [0.29, 0.717) is 22.1 Å². The molecule has 1 aliphatic heterocycles. The Morgan fingerprint density at radius 2 is 1.97 bits per heavy atom. The summed E-state index contributed by atoms with van der Waals surface area (Å²) in [7, 11) is 0. The third-order valence-electron chi connectivity index (χ3n) is 4.39. The number of ether oxygens (including phenoxy) is 1. The maximum Gasteiger partial charge on any atom is 0.306 e. The van der Waals surface area contributed by atoms with Crippen molar-refractivity contribution >= 4 is 51.0 Å². The van der Waals surface area contributed by atoms with Crippen molar-refractivity contribution in [3.05, 3.63) is 56.2 Å². The van der Waals surface area contributed by atoms with Gasteiger partial charge in [0.05, 0.1) is 17.7 Å². The van der Waals surface area contributed by atoms with Crippen LogP contribution < -0.4 is 5.32 Å². The largest absolute Gasteiger partial charge is 0.453 e. The fourth-order valence-electron chi connectivity index (χ4n) is 2.89. The number of hydrogen-bond acceptors (Lipinski definition) is 6. The van der Waals surface area contributed by atoms with E-state index in [1.165, 1.54) is 18.3 Å². The van der Waals surface area contributed by atoms with Gasteiger partial charge in [-0.05, 0) is 43.0 Å². The van der Waals surface area contributed by atoms with Crippen LogP contribution in [0.25, 0.3) is 0 Å². The van der Waals surface area contributed by atoms with E-state index in [1.54, 1.807) is 18.2 Å². The number of rotatable bonds is 8. The number of carbonyl (C=O) groups is 4. The van der Waals surface area contributed by atoms with Crippen LogP contribution in [0.4, 0.5) is 0 Å². The van der Waals surface area contributed by atoms with Gasteiger partial charge in [0.1, 0.15) is 0 Å². The van der Waals surface area contributed by atoms with Gasteiger partial charge in [-0.15, -0.1) is 11.3 Å². The second-order valence-corrected chi connectivity index (χ2v) is 8.43. The number of thiophene rings is 1. The third-order valence-corrected chi connectivity index (χ3v) is 5.76. The molecular weight excluding hydrogens is 460 g/mol. The van der Waals surface area contributed by atoms with Crippen molar-refractivity contribution < 1.29 is 23.9 Å². The van der Waals surface area contributed by atoms with Crippen LogP contribution in [0.5, 0.6) is 0 Å². The molecule has 0 saturated carbocycles. The molecule has 7 nitrogen and oxygen atoms in total. The zero-order valence-electron chi connectivity index (χ0n) is 15.6. The van der Waals surface area contributed by atoms with Crippen LogP contribution in [0.1, 0.15) is 45.4 Å². The number of carbonyl (C=O) groups excluding carboxylic acids is 4. The molecule has 0 aliphatic carbocycles. The van der Waals surface area contributed by atoms with Crippen molar-refractivity contribution in [3.8, 4) is 0 Å². The highest BCUT2D eigenvalue weighted by Gasteiger charge is 2.35. The molecule has 1 aromatic carbocycles. The minimum absolute atomic E-state index is 0.000353. The number of nitrogens with one attached hydrogen (secondary N) is 1. The minimum Gasteiger partial charge on any atom is -0.453 e. The molecule has 1 atom stereocenters. The lowest BCUT2D eigenvalue weighted by molar-refractivity contribution is -0.155. The van der Waals surface area contributed by atoms with Crippen molar-refractivity contribution in [1.82, 2.24) is 10.2 Å². The predicted octanol–water partition coefficient (Wildman–Crippen LogP) is 3.13. The van der Waals surface area contributed by atoms with Crippen molar-refractivity contribution in [2.24, 2.45) is 0 Å². The van der Waals surface area contributed by atoms with Crippen molar-refractivity contribution in [1.29, 1.82) is 0 Å². The van der Waals surface area contributed by atoms with Crippen LogP contribution in [-0.2, 0) is 20.9 Å². The van der Waals surface area contributed by atoms with Gasteiger partial charge in [-0.3, -0.25) is 24.1 Å². The molecule has 0 saturated heterocycles. The molecule has 3 rings (SSSR count). The summed E-state index contributed by atoms with van der Waals surface area (Å²) in [5.74, 6) is -1.67. The SMILES string of the molecule is CC(OC(=O)CCCN1C(=O)c2ccc(Br)cc2C1=O)C(=O)NCc1cccs1. The Hall–Kier alpha value is -2.52. The van der Waals surface area contributed by atoms with E-state index in [1.807, 2.05) is 17.5 Å². The molecule has 1 N–H and O–H groups in total. The van der Waals surface area contributed by atoms with E-state index in [-0.39, 0.29) is 37.1 Å². The second-order valence-electron chi connectivity index (χ2n) is 6.48. The lowest BCUT2D eigenvalue weighted by Crippen LogP contribution is -2.35. The highest BCUT2D eigenvalue weighted by Crippen LogP contribution is 2.26. The molecule has 0 fully saturated rings. The Morgan fingerprint density at radius 3 is 2.69 bits per heavy atom. The fraction of sp³-hybridized carbons (Fsp3) is 0.300. The van der Waals surface area contributed by atoms with E-state index in [4.69, 9.17) is 4.74 Å². The number of hydrogen-bond donors (Lipinski definition) is 1. The van der Waals surface area contributed by atoms with Gasteiger partial charge in [-0.25, -0.2) is 0 Å². The average molecular weight is 479 g/mol. The van der Waals surface area contributed by atoms with Crippen LogP contribution in [-0.4, -0.2) is 41.2 Å². The normalized spacial score (nSPS) is 13.9. The van der Waals surface area contributed by atoms with Gasteiger partial charge in [0.25, 0.3) is 17.7 Å². The van der Waals surface area contributed by atoms with E-state index in [2.05, 4.69) is 21.2 Å². The summed E-state index contributed by atoms with van der Waals surface area (Å²) >= 11 is 4.81. The topological polar surface area (TPSA) is 92.8 Å². The monoisotopic (exact) mass is 478 g/mol. The van der Waals surface area contributed by atoms with E-state index in [0.717, 1.165) is 9.78 Å². The lowest BCUT2D eigenvalue weighted by atomic mass is 10.1. The molecule has 0 spiro atoms. The molecule has 0 radical (unpaired) electrons. The summed E-state index contributed by atoms with van der Waals surface area (Å²) < 4.78 is 5.85. The number of fused-ring (bicyclic) bond motifs is 1. The first kappa shape index (κ1) is 21.2. The van der Waals surface area contributed by atoms with Crippen molar-refractivity contribution in [2.45, 2.75) is 32.4 Å². The van der Waals surface area contributed by atoms with Crippen LogP contribution in [0.15, 0.2) is 40.2 Å². The van der Waals surface area contributed by atoms with Crippen LogP contribution in [0, 0.1) is 0 Å².